The molecule has 0 saturated carbocycles. The number of amides is 1. The van der Waals surface area contributed by atoms with E-state index in [0.29, 0.717) is 30.2 Å². The molecule has 3 rings (SSSR count). The van der Waals surface area contributed by atoms with Crippen LogP contribution < -0.4 is 10.6 Å². The highest BCUT2D eigenvalue weighted by Gasteiger charge is 2.30. The average molecular weight is 337 g/mol. The van der Waals surface area contributed by atoms with Crippen LogP contribution in [0, 0.1) is 18.6 Å². The van der Waals surface area contributed by atoms with E-state index >= 15 is 0 Å². The van der Waals surface area contributed by atoms with Crippen LogP contribution in [0.4, 0.5) is 14.6 Å². The summed E-state index contributed by atoms with van der Waals surface area (Å²) in [6.07, 6.45) is 0.238. The number of hydrogen-bond donors (Lipinski definition) is 2. The number of carbonyl (C=O) groups is 1. The Bertz CT molecular complexity index is 735. The monoisotopic (exact) mass is 337 g/mol. The maximum atomic E-state index is 13.4. The van der Waals surface area contributed by atoms with Crippen LogP contribution in [0.1, 0.15) is 23.8 Å². The predicted octanol–water partition coefficient (Wildman–Crippen LogP) is 2.32. The largest absolute Gasteiger partial charge is 0.372 e. The summed E-state index contributed by atoms with van der Waals surface area (Å²) in [6, 6.07) is 5.13. The Morgan fingerprint density at radius 1 is 1.33 bits per heavy atom. The molecule has 24 heavy (non-hydrogen) atoms. The van der Waals surface area contributed by atoms with Gasteiger partial charge in [0.1, 0.15) is 5.76 Å². The number of rotatable bonds is 5. The first kappa shape index (κ1) is 16.5. The quantitative estimate of drug-likeness (QED) is 0.876. The lowest BCUT2D eigenvalue weighted by atomic mass is 10.0. The molecule has 1 fully saturated rings. The third-order valence-corrected chi connectivity index (χ3v) is 3.78. The van der Waals surface area contributed by atoms with Crippen molar-refractivity contribution in [2.75, 3.05) is 18.5 Å². The summed E-state index contributed by atoms with van der Waals surface area (Å²) < 4.78 is 36.9. The van der Waals surface area contributed by atoms with Crippen molar-refractivity contribution in [3.05, 3.63) is 47.2 Å². The molecular formula is C16H17F2N3O3. The molecule has 0 bridgehead atoms. The van der Waals surface area contributed by atoms with Gasteiger partial charge < -0.3 is 19.9 Å². The van der Waals surface area contributed by atoms with Crippen LogP contribution in [0.3, 0.4) is 0 Å². The lowest BCUT2D eigenvalue weighted by molar-refractivity contribution is -0.115. The Kier molecular flexibility index (Phi) is 4.86. The van der Waals surface area contributed by atoms with E-state index in [1.807, 2.05) is 0 Å². The van der Waals surface area contributed by atoms with Crippen molar-refractivity contribution in [1.82, 2.24) is 10.5 Å². The topological polar surface area (TPSA) is 76.4 Å². The van der Waals surface area contributed by atoms with Crippen molar-refractivity contribution in [1.29, 1.82) is 0 Å². The van der Waals surface area contributed by atoms with Crippen LogP contribution >= 0.6 is 0 Å². The molecule has 8 heteroatoms. The van der Waals surface area contributed by atoms with E-state index in [4.69, 9.17) is 9.26 Å². The number of benzene rings is 1. The number of aryl methyl sites for hydroxylation is 1. The summed E-state index contributed by atoms with van der Waals surface area (Å²) in [7, 11) is 0. The molecule has 0 aliphatic carbocycles. The molecule has 1 aliphatic heterocycles. The first-order valence-corrected chi connectivity index (χ1v) is 7.56. The second kappa shape index (κ2) is 7.06. The summed E-state index contributed by atoms with van der Waals surface area (Å²) in [5.74, 6) is -1.15. The van der Waals surface area contributed by atoms with Gasteiger partial charge in [-0.05, 0) is 31.0 Å². The molecular weight excluding hydrogens is 320 g/mol. The Morgan fingerprint density at radius 2 is 2.17 bits per heavy atom. The van der Waals surface area contributed by atoms with Gasteiger partial charge in [0.2, 0.25) is 5.91 Å². The molecule has 0 unspecified atom stereocenters. The molecule has 2 N–H and O–H groups in total. The fourth-order valence-corrected chi connectivity index (χ4v) is 2.65. The summed E-state index contributed by atoms with van der Waals surface area (Å²) in [6.45, 7) is 2.24. The van der Waals surface area contributed by atoms with Crippen molar-refractivity contribution in [2.24, 2.45) is 0 Å². The SMILES string of the molecule is Cc1cc(NC(=O)CN[C@H]2CCO[C@@H]2c2ccc(F)c(F)c2)no1. The Balaban J connectivity index is 1.57. The van der Waals surface area contributed by atoms with Gasteiger partial charge in [0, 0.05) is 18.7 Å². The molecule has 1 amide bonds. The minimum absolute atomic E-state index is 0.0418. The summed E-state index contributed by atoms with van der Waals surface area (Å²) in [4.78, 5) is 11.9. The zero-order valence-electron chi connectivity index (χ0n) is 13.0. The number of halogens is 2. The Labute approximate surface area is 137 Å². The van der Waals surface area contributed by atoms with Crippen LogP contribution in [0.5, 0.6) is 0 Å². The van der Waals surface area contributed by atoms with E-state index < -0.39 is 17.7 Å². The van der Waals surface area contributed by atoms with Gasteiger partial charge >= 0.3 is 0 Å². The molecule has 1 aromatic heterocycles. The second-order valence-corrected chi connectivity index (χ2v) is 5.61. The molecule has 2 aromatic rings. The molecule has 6 nitrogen and oxygen atoms in total. The third kappa shape index (κ3) is 3.77. The number of aromatic nitrogens is 1. The standard InChI is InChI=1S/C16H17F2N3O3/c1-9-6-14(21-24-9)20-15(22)8-19-13-4-5-23-16(13)10-2-3-11(17)12(18)7-10/h2-3,6-7,13,16,19H,4-5,8H2,1H3,(H,20,21,22)/t13-,16+/m0/s1. The zero-order chi connectivity index (χ0) is 17.1. The van der Waals surface area contributed by atoms with E-state index in [2.05, 4.69) is 15.8 Å². The molecule has 2 heterocycles. The maximum Gasteiger partial charge on any atom is 0.239 e. The van der Waals surface area contributed by atoms with Gasteiger partial charge in [-0.3, -0.25) is 4.79 Å². The lowest BCUT2D eigenvalue weighted by Crippen LogP contribution is -2.37. The normalized spacial score (nSPS) is 20.3. The first-order chi connectivity index (χ1) is 11.5. The van der Waals surface area contributed by atoms with Gasteiger partial charge in [0.15, 0.2) is 17.5 Å². The third-order valence-electron chi connectivity index (χ3n) is 3.78. The number of anilines is 1. The number of nitrogens with zero attached hydrogens (tertiary/aromatic N) is 1. The van der Waals surface area contributed by atoms with Crippen molar-refractivity contribution < 1.29 is 22.8 Å². The van der Waals surface area contributed by atoms with Crippen molar-refractivity contribution in [2.45, 2.75) is 25.5 Å². The fourth-order valence-electron chi connectivity index (χ4n) is 2.65. The first-order valence-electron chi connectivity index (χ1n) is 7.56. The van der Waals surface area contributed by atoms with E-state index in [1.165, 1.54) is 6.07 Å². The number of ether oxygens (including phenoxy) is 1. The fraction of sp³-hybridized carbons (Fsp3) is 0.375. The molecule has 1 aromatic carbocycles. The maximum absolute atomic E-state index is 13.4. The minimum atomic E-state index is -0.916. The molecule has 1 saturated heterocycles. The molecule has 2 atom stereocenters. The zero-order valence-corrected chi connectivity index (χ0v) is 13.0. The van der Waals surface area contributed by atoms with Crippen molar-refractivity contribution in [3.8, 4) is 0 Å². The van der Waals surface area contributed by atoms with E-state index in [9.17, 15) is 13.6 Å². The number of carbonyl (C=O) groups excluding carboxylic acids is 1. The van der Waals surface area contributed by atoms with Crippen LogP contribution in [-0.4, -0.2) is 30.3 Å². The smallest absolute Gasteiger partial charge is 0.239 e. The van der Waals surface area contributed by atoms with Gasteiger partial charge in [-0.1, -0.05) is 11.2 Å². The van der Waals surface area contributed by atoms with Gasteiger partial charge in [-0.15, -0.1) is 0 Å². The summed E-state index contributed by atoms with van der Waals surface area (Å²) in [5.41, 5.74) is 0.538. The molecule has 128 valence electrons. The predicted molar refractivity (Wildman–Crippen MR) is 81.3 cm³/mol. The van der Waals surface area contributed by atoms with E-state index in [0.717, 1.165) is 12.1 Å². The highest BCUT2D eigenvalue weighted by molar-refractivity contribution is 5.91. The van der Waals surface area contributed by atoms with E-state index in [-0.39, 0.29) is 18.5 Å². The van der Waals surface area contributed by atoms with Crippen molar-refractivity contribution in [3.63, 3.8) is 0 Å². The van der Waals surface area contributed by atoms with Crippen LogP contribution in [0.2, 0.25) is 0 Å². The van der Waals surface area contributed by atoms with Crippen LogP contribution in [0.15, 0.2) is 28.8 Å². The highest BCUT2D eigenvalue weighted by Crippen LogP contribution is 2.29. The number of nitrogens with one attached hydrogen (secondary N) is 2. The van der Waals surface area contributed by atoms with Crippen molar-refractivity contribution >= 4 is 11.7 Å². The lowest BCUT2D eigenvalue weighted by Gasteiger charge is -2.20. The Hall–Kier alpha value is -2.32. The molecule has 0 spiro atoms. The second-order valence-electron chi connectivity index (χ2n) is 5.61. The van der Waals surface area contributed by atoms with Gasteiger partial charge in [0.25, 0.3) is 0 Å². The molecule has 1 aliphatic rings. The van der Waals surface area contributed by atoms with Crippen LogP contribution in [0.25, 0.3) is 0 Å². The average Bonchev–Trinajstić information content (AvgIpc) is 3.17. The van der Waals surface area contributed by atoms with Gasteiger partial charge in [-0.2, -0.15) is 0 Å². The summed E-state index contributed by atoms with van der Waals surface area (Å²) in [5, 5.41) is 9.36. The minimum Gasteiger partial charge on any atom is -0.372 e. The number of hydrogen-bond acceptors (Lipinski definition) is 5. The highest BCUT2D eigenvalue weighted by atomic mass is 19.2. The van der Waals surface area contributed by atoms with Gasteiger partial charge in [0.05, 0.1) is 12.6 Å². The summed E-state index contributed by atoms with van der Waals surface area (Å²) >= 11 is 0. The Morgan fingerprint density at radius 3 is 2.88 bits per heavy atom. The van der Waals surface area contributed by atoms with Crippen LogP contribution in [-0.2, 0) is 9.53 Å². The molecule has 0 radical (unpaired) electrons. The van der Waals surface area contributed by atoms with Gasteiger partial charge in [-0.25, -0.2) is 8.78 Å². The van der Waals surface area contributed by atoms with E-state index in [1.54, 1.807) is 13.0 Å².